The molecule has 0 unspecified atom stereocenters. The standard InChI is InChI=1S/C16H17F2N3O2/c1-9-6-10(2)20-11(3)15(9)21-16(22)12-4-5-14(19-7-12)23-8-13(17)18/h4-7,13H,8H2,1-3H3,(H,21,22). The van der Waals surface area contributed by atoms with Crippen molar-refractivity contribution in [3.8, 4) is 5.88 Å². The highest BCUT2D eigenvalue weighted by atomic mass is 19.3. The number of aryl methyl sites for hydroxylation is 3. The van der Waals surface area contributed by atoms with Crippen LogP contribution < -0.4 is 10.1 Å². The highest BCUT2D eigenvalue weighted by Crippen LogP contribution is 2.20. The van der Waals surface area contributed by atoms with Gasteiger partial charge >= 0.3 is 0 Å². The Kier molecular flexibility index (Phi) is 5.20. The third-order valence-electron chi connectivity index (χ3n) is 3.12. The first-order chi connectivity index (χ1) is 10.9. The molecule has 1 N–H and O–H groups in total. The molecule has 2 heterocycles. The van der Waals surface area contributed by atoms with Crippen molar-refractivity contribution >= 4 is 11.6 Å². The zero-order valence-electron chi connectivity index (χ0n) is 13.1. The van der Waals surface area contributed by atoms with Crippen LogP contribution in [0.3, 0.4) is 0 Å². The van der Waals surface area contributed by atoms with Crippen molar-refractivity contribution in [2.75, 3.05) is 11.9 Å². The second kappa shape index (κ2) is 7.13. The number of amides is 1. The van der Waals surface area contributed by atoms with Crippen LogP contribution in [-0.2, 0) is 0 Å². The molecule has 0 saturated carbocycles. The minimum Gasteiger partial charge on any atom is -0.472 e. The van der Waals surface area contributed by atoms with Gasteiger partial charge in [0.15, 0.2) is 6.61 Å². The summed E-state index contributed by atoms with van der Waals surface area (Å²) < 4.78 is 28.9. The van der Waals surface area contributed by atoms with Crippen LogP contribution >= 0.6 is 0 Å². The molecule has 23 heavy (non-hydrogen) atoms. The monoisotopic (exact) mass is 321 g/mol. The first kappa shape index (κ1) is 16.8. The van der Waals surface area contributed by atoms with E-state index in [4.69, 9.17) is 4.74 Å². The molecule has 5 nitrogen and oxygen atoms in total. The molecule has 0 fully saturated rings. The minimum atomic E-state index is -2.57. The topological polar surface area (TPSA) is 64.1 Å². The lowest BCUT2D eigenvalue weighted by Gasteiger charge is -2.12. The van der Waals surface area contributed by atoms with Gasteiger partial charge in [-0.15, -0.1) is 0 Å². The number of aromatic nitrogens is 2. The average Bonchev–Trinajstić information content (AvgIpc) is 2.49. The van der Waals surface area contributed by atoms with Gasteiger partial charge in [0.2, 0.25) is 5.88 Å². The predicted octanol–water partition coefficient (Wildman–Crippen LogP) is 3.30. The molecule has 0 bridgehead atoms. The molecule has 0 aromatic carbocycles. The predicted molar refractivity (Wildman–Crippen MR) is 82.1 cm³/mol. The Morgan fingerprint density at radius 2 is 2.04 bits per heavy atom. The van der Waals surface area contributed by atoms with Crippen LogP contribution in [-0.4, -0.2) is 28.9 Å². The summed E-state index contributed by atoms with van der Waals surface area (Å²) >= 11 is 0. The molecule has 0 aliphatic carbocycles. The fourth-order valence-electron chi connectivity index (χ4n) is 2.15. The molecular weight excluding hydrogens is 304 g/mol. The maximum atomic E-state index is 12.2. The lowest BCUT2D eigenvalue weighted by Crippen LogP contribution is -2.15. The number of carbonyl (C=O) groups excluding carboxylic acids is 1. The van der Waals surface area contributed by atoms with Crippen LogP contribution in [0.5, 0.6) is 5.88 Å². The molecule has 0 aliphatic rings. The number of nitrogens with one attached hydrogen (secondary N) is 1. The zero-order valence-corrected chi connectivity index (χ0v) is 13.1. The molecule has 0 atom stereocenters. The molecule has 1 amide bonds. The van der Waals surface area contributed by atoms with Gasteiger partial charge in [0, 0.05) is 18.0 Å². The summed E-state index contributed by atoms with van der Waals surface area (Å²) in [4.78, 5) is 20.4. The second-order valence-electron chi connectivity index (χ2n) is 5.08. The number of halogens is 2. The van der Waals surface area contributed by atoms with E-state index < -0.39 is 13.0 Å². The number of carbonyl (C=O) groups is 1. The lowest BCUT2D eigenvalue weighted by molar-refractivity contribution is 0.0795. The van der Waals surface area contributed by atoms with E-state index in [0.717, 1.165) is 17.0 Å². The molecule has 7 heteroatoms. The summed E-state index contributed by atoms with van der Waals surface area (Å²) in [5.74, 6) is -0.305. The summed E-state index contributed by atoms with van der Waals surface area (Å²) in [6, 6.07) is 4.72. The third kappa shape index (κ3) is 4.45. The van der Waals surface area contributed by atoms with Crippen LogP contribution in [0.4, 0.5) is 14.5 Å². The van der Waals surface area contributed by atoms with E-state index in [2.05, 4.69) is 15.3 Å². The molecule has 122 valence electrons. The number of anilines is 1. The average molecular weight is 321 g/mol. The van der Waals surface area contributed by atoms with Gasteiger partial charge in [0.05, 0.1) is 16.9 Å². The number of hydrogen-bond acceptors (Lipinski definition) is 4. The van der Waals surface area contributed by atoms with E-state index in [1.54, 1.807) is 0 Å². The minimum absolute atomic E-state index is 0.0474. The van der Waals surface area contributed by atoms with E-state index in [1.807, 2.05) is 26.8 Å². The molecule has 0 aliphatic heterocycles. The van der Waals surface area contributed by atoms with Gasteiger partial charge in [0.1, 0.15) is 0 Å². The summed E-state index contributed by atoms with van der Waals surface area (Å²) in [5, 5.41) is 2.79. The Labute approximate surface area is 132 Å². The van der Waals surface area contributed by atoms with Crippen molar-refractivity contribution in [1.82, 2.24) is 9.97 Å². The highest BCUT2D eigenvalue weighted by molar-refractivity contribution is 6.04. The molecule has 0 radical (unpaired) electrons. The van der Waals surface area contributed by atoms with Crippen molar-refractivity contribution < 1.29 is 18.3 Å². The first-order valence-electron chi connectivity index (χ1n) is 7.00. The van der Waals surface area contributed by atoms with Gasteiger partial charge in [0.25, 0.3) is 12.3 Å². The van der Waals surface area contributed by atoms with Crippen LogP contribution in [0, 0.1) is 20.8 Å². The largest absolute Gasteiger partial charge is 0.472 e. The molecule has 2 aromatic heterocycles. The van der Waals surface area contributed by atoms with Gasteiger partial charge in [-0.05, 0) is 38.5 Å². The lowest BCUT2D eigenvalue weighted by atomic mass is 10.1. The van der Waals surface area contributed by atoms with E-state index in [-0.39, 0.29) is 11.8 Å². The number of rotatable bonds is 5. The number of pyridine rings is 2. The normalized spacial score (nSPS) is 10.7. The zero-order chi connectivity index (χ0) is 17.0. The Balaban J connectivity index is 2.09. The second-order valence-corrected chi connectivity index (χ2v) is 5.08. The van der Waals surface area contributed by atoms with Crippen molar-refractivity contribution in [3.05, 3.63) is 46.9 Å². The maximum absolute atomic E-state index is 12.2. The van der Waals surface area contributed by atoms with Crippen LogP contribution in [0.25, 0.3) is 0 Å². The van der Waals surface area contributed by atoms with E-state index >= 15 is 0 Å². The van der Waals surface area contributed by atoms with Gasteiger partial charge in [-0.1, -0.05) is 0 Å². The molecule has 2 aromatic rings. The van der Waals surface area contributed by atoms with Gasteiger partial charge in [-0.25, -0.2) is 13.8 Å². The van der Waals surface area contributed by atoms with Gasteiger partial charge in [-0.3, -0.25) is 9.78 Å². The number of nitrogens with zero attached hydrogens (tertiary/aromatic N) is 2. The van der Waals surface area contributed by atoms with Crippen molar-refractivity contribution in [2.24, 2.45) is 0 Å². The Bertz CT molecular complexity index is 680. The Morgan fingerprint density at radius 3 is 2.61 bits per heavy atom. The highest BCUT2D eigenvalue weighted by Gasteiger charge is 2.12. The van der Waals surface area contributed by atoms with Gasteiger partial charge < -0.3 is 10.1 Å². The molecule has 2 rings (SSSR count). The molecular formula is C16H17F2N3O2. The number of hydrogen-bond donors (Lipinski definition) is 1. The summed E-state index contributed by atoms with van der Waals surface area (Å²) in [6.45, 7) is 4.85. The molecule has 0 spiro atoms. The fraction of sp³-hybridized carbons (Fsp3) is 0.312. The summed E-state index contributed by atoms with van der Waals surface area (Å²) in [7, 11) is 0. The first-order valence-corrected chi connectivity index (χ1v) is 7.00. The van der Waals surface area contributed by atoms with Crippen molar-refractivity contribution in [3.63, 3.8) is 0 Å². The van der Waals surface area contributed by atoms with Crippen LogP contribution in [0.2, 0.25) is 0 Å². The van der Waals surface area contributed by atoms with Crippen molar-refractivity contribution in [2.45, 2.75) is 27.2 Å². The number of alkyl halides is 2. The van der Waals surface area contributed by atoms with E-state index in [0.29, 0.717) is 11.3 Å². The van der Waals surface area contributed by atoms with E-state index in [9.17, 15) is 13.6 Å². The number of ether oxygens (including phenoxy) is 1. The fourth-order valence-corrected chi connectivity index (χ4v) is 2.15. The third-order valence-corrected chi connectivity index (χ3v) is 3.12. The quantitative estimate of drug-likeness (QED) is 0.918. The Morgan fingerprint density at radius 1 is 1.30 bits per heavy atom. The van der Waals surface area contributed by atoms with Crippen LogP contribution in [0.15, 0.2) is 24.4 Å². The SMILES string of the molecule is Cc1cc(C)c(NC(=O)c2ccc(OCC(F)F)nc2)c(C)n1. The summed E-state index contributed by atoms with van der Waals surface area (Å²) in [5.41, 5.74) is 3.46. The van der Waals surface area contributed by atoms with Crippen molar-refractivity contribution in [1.29, 1.82) is 0 Å². The van der Waals surface area contributed by atoms with Crippen LogP contribution in [0.1, 0.15) is 27.3 Å². The van der Waals surface area contributed by atoms with Gasteiger partial charge in [-0.2, -0.15) is 0 Å². The maximum Gasteiger partial charge on any atom is 0.272 e. The van der Waals surface area contributed by atoms with E-state index in [1.165, 1.54) is 18.3 Å². The molecule has 0 saturated heterocycles. The Hall–Kier alpha value is -2.57. The summed E-state index contributed by atoms with van der Waals surface area (Å²) in [6.07, 6.45) is -1.29. The smallest absolute Gasteiger partial charge is 0.272 e.